The quantitative estimate of drug-likeness (QED) is 0.656. The Morgan fingerprint density at radius 2 is 1.90 bits per heavy atom. The molecule has 0 bridgehead atoms. The van der Waals surface area contributed by atoms with Crippen molar-refractivity contribution in [2.24, 2.45) is 0 Å². The molecule has 1 heterocycles. The predicted octanol–water partition coefficient (Wildman–Crippen LogP) is 3.27. The van der Waals surface area contributed by atoms with Gasteiger partial charge in [0.15, 0.2) is 0 Å². The summed E-state index contributed by atoms with van der Waals surface area (Å²) in [6.07, 6.45) is 8.71. The highest BCUT2D eigenvalue weighted by Crippen LogP contribution is 2.24. The number of hydrogen-bond acceptors (Lipinski definition) is 3. The van der Waals surface area contributed by atoms with Gasteiger partial charge >= 0.3 is 0 Å². The van der Waals surface area contributed by atoms with Crippen LogP contribution in [0.2, 0.25) is 0 Å². The van der Waals surface area contributed by atoms with E-state index in [1.54, 1.807) is 6.20 Å². The van der Waals surface area contributed by atoms with E-state index >= 15 is 0 Å². The lowest BCUT2D eigenvalue weighted by Gasteiger charge is -2.16. The maximum atomic E-state index is 12.6. The summed E-state index contributed by atoms with van der Waals surface area (Å²) in [6.45, 7) is 0. The third-order valence-corrected chi connectivity index (χ3v) is 4.23. The van der Waals surface area contributed by atoms with Gasteiger partial charge in [0, 0.05) is 23.3 Å². The monoisotopic (exact) mass is 283 g/mol. The second kappa shape index (κ2) is 6.12. The maximum Gasteiger partial charge on any atom is 0.270 e. The van der Waals surface area contributed by atoms with Gasteiger partial charge in [-0.05, 0) is 30.4 Å². The first kappa shape index (κ1) is 13.9. The van der Waals surface area contributed by atoms with E-state index in [0.29, 0.717) is 11.4 Å². The van der Waals surface area contributed by atoms with Gasteiger partial charge in [0.1, 0.15) is 5.69 Å². The Kier molecular flexibility index (Phi) is 4.04. The minimum atomic E-state index is -0.106. The molecule has 1 aliphatic rings. The Hall–Kier alpha value is -2.10. The van der Waals surface area contributed by atoms with Crippen LogP contribution in [0.3, 0.4) is 0 Å². The molecule has 2 aromatic rings. The van der Waals surface area contributed by atoms with E-state index in [1.165, 1.54) is 25.7 Å². The van der Waals surface area contributed by atoms with Crippen LogP contribution in [0.15, 0.2) is 30.5 Å². The molecule has 1 aromatic heterocycles. The lowest BCUT2D eigenvalue weighted by molar-refractivity contribution is 0.0930. The van der Waals surface area contributed by atoms with Crippen molar-refractivity contribution < 1.29 is 4.79 Å². The number of nitrogens with two attached hydrogens (primary N) is 1. The van der Waals surface area contributed by atoms with Crippen molar-refractivity contribution in [3.63, 3.8) is 0 Å². The standard InChI is InChI=1S/C17H21N3O/c18-14-9-5-6-12-10-11-19-16(15(12)14)17(21)20-13-7-3-1-2-4-8-13/h5-6,9-11,13H,1-4,7-8,18H2,(H,20,21). The van der Waals surface area contributed by atoms with Crippen molar-refractivity contribution in [2.45, 2.75) is 44.6 Å². The fraction of sp³-hybridized carbons (Fsp3) is 0.412. The van der Waals surface area contributed by atoms with Crippen molar-refractivity contribution in [1.82, 2.24) is 10.3 Å². The fourth-order valence-corrected chi connectivity index (χ4v) is 3.11. The Bertz CT molecular complexity index is 640. The Balaban J connectivity index is 1.87. The van der Waals surface area contributed by atoms with Crippen LogP contribution in [-0.2, 0) is 0 Å². The largest absolute Gasteiger partial charge is 0.398 e. The van der Waals surface area contributed by atoms with Gasteiger partial charge in [-0.15, -0.1) is 0 Å². The summed E-state index contributed by atoms with van der Waals surface area (Å²) in [4.78, 5) is 16.8. The number of nitrogens with one attached hydrogen (secondary N) is 1. The van der Waals surface area contributed by atoms with Crippen LogP contribution in [0.4, 0.5) is 5.69 Å². The molecule has 3 N–H and O–H groups in total. The Labute approximate surface area is 124 Å². The smallest absolute Gasteiger partial charge is 0.270 e. The zero-order valence-corrected chi connectivity index (χ0v) is 12.1. The molecule has 0 unspecified atom stereocenters. The van der Waals surface area contributed by atoms with Crippen LogP contribution in [0, 0.1) is 0 Å². The lowest BCUT2D eigenvalue weighted by atomic mass is 10.1. The molecule has 1 aliphatic carbocycles. The van der Waals surface area contributed by atoms with Crippen LogP contribution in [0.1, 0.15) is 49.0 Å². The molecular weight excluding hydrogens is 262 g/mol. The van der Waals surface area contributed by atoms with Crippen LogP contribution >= 0.6 is 0 Å². The molecule has 1 fully saturated rings. The zero-order valence-electron chi connectivity index (χ0n) is 12.1. The topological polar surface area (TPSA) is 68.0 Å². The van der Waals surface area contributed by atoms with Crippen LogP contribution < -0.4 is 11.1 Å². The summed E-state index contributed by atoms with van der Waals surface area (Å²) in [7, 11) is 0. The van der Waals surface area contributed by atoms with Gasteiger partial charge in [-0.3, -0.25) is 9.78 Å². The minimum Gasteiger partial charge on any atom is -0.398 e. The number of aromatic nitrogens is 1. The zero-order chi connectivity index (χ0) is 14.7. The van der Waals surface area contributed by atoms with Gasteiger partial charge in [-0.1, -0.05) is 37.8 Å². The first-order chi connectivity index (χ1) is 10.3. The van der Waals surface area contributed by atoms with Gasteiger partial charge in [0.2, 0.25) is 0 Å². The average molecular weight is 283 g/mol. The van der Waals surface area contributed by atoms with Crippen molar-refractivity contribution in [2.75, 3.05) is 5.73 Å². The number of carbonyl (C=O) groups is 1. The van der Waals surface area contributed by atoms with E-state index in [1.807, 2.05) is 24.3 Å². The lowest BCUT2D eigenvalue weighted by Crippen LogP contribution is -2.35. The molecule has 3 rings (SSSR count). The summed E-state index contributed by atoms with van der Waals surface area (Å²) >= 11 is 0. The molecule has 110 valence electrons. The van der Waals surface area contributed by atoms with Crippen molar-refractivity contribution >= 4 is 22.4 Å². The van der Waals surface area contributed by atoms with E-state index in [4.69, 9.17) is 5.73 Å². The molecule has 1 aromatic carbocycles. The summed E-state index contributed by atoms with van der Waals surface area (Å²) in [6, 6.07) is 7.81. The number of hydrogen-bond donors (Lipinski definition) is 2. The third-order valence-electron chi connectivity index (χ3n) is 4.23. The summed E-state index contributed by atoms with van der Waals surface area (Å²) in [5.41, 5.74) is 7.08. The number of nitrogen functional groups attached to an aromatic ring is 1. The molecule has 0 atom stereocenters. The number of pyridine rings is 1. The Morgan fingerprint density at radius 1 is 1.14 bits per heavy atom. The molecule has 0 saturated heterocycles. The van der Waals surface area contributed by atoms with E-state index < -0.39 is 0 Å². The van der Waals surface area contributed by atoms with E-state index in [-0.39, 0.29) is 11.9 Å². The highest BCUT2D eigenvalue weighted by molar-refractivity contribution is 6.09. The van der Waals surface area contributed by atoms with E-state index in [9.17, 15) is 4.79 Å². The second-order valence-corrected chi connectivity index (χ2v) is 5.77. The van der Waals surface area contributed by atoms with Crippen LogP contribution in [-0.4, -0.2) is 16.9 Å². The SMILES string of the molecule is Nc1cccc2ccnc(C(=O)NC3CCCCCC3)c12. The van der Waals surface area contributed by atoms with Crippen LogP contribution in [0.5, 0.6) is 0 Å². The molecule has 1 saturated carbocycles. The van der Waals surface area contributed by atoms with Gasteiger partial charge in [0.25, 0.3) is 5.91 Å². The van der Waals surface area contributed by atoms with Gasteiger partial charge < -0.3 is 11.1 Å². The number of benzene rings is 1. The first-order valence-electron chi connectivity index (χ1n) is 7.70. The molecule has 21 heavy (non-hydrogen) atoms. The average Bonchev–Trinajstić information content (AvgIpc) is 2.75. The third kappa shape index (κ3) is 2.99. The maximum absolute atomic E-state index is 12.6. The molecule has 4 nitrogen and oxygen atoms in total. The van der Waals surface area contributed by atoms with Crippen molar-refractivity contribution in [3.8, 4) is 0 Å². The van der Waals surface area contributed by atoms with E-state index in [0.717, 1.165) is 23.6 Å². The summed E-state index contributed by atoms with van der Waals surface area (Å²) < 4.78 is 0. The normalized spacial score (nSPS) is 16.6. The summed E-state index contributed by atoms with van der Waals surface area (Å²) in [5, 5.41) is 4.85. The second-order valence-electron chi connectivity index (χ2n) is 5.77. The molecule has 4 heteroatoms. The van der Waals surface area contributed by atoms with Gasteiger partial charge in [-0.2, -0.15) is 0 Å². The predicted molar refractivity (Wildman–Crippen MR) is 85.1 cm³/mol. The van der Waals surface area contributed by atoms with Crippen molar-refractivity contribution in [1.29, 1.82) is 0 Å². The number of rotatable bonds is 2. The molecular formula is C17H21N3O. The highest BCUT2D eigenvalue weighted by atomic mass is 16.1. The summed E-state index contributed by atoms with van der Waals surface area (Å²) in [5.74, 6) is -0.106. The van der Waals surface area contributed by atoms with Gasteiger partial charge in [-0.25, -0.2) is 0 Å². The number of carbonyl (C=O) groups excluding carboxylic acids is 1. The number of nitrogens with zero attached hydrogens (tertiary/aromatic N) is 1. The highest BCUT2D eigenvalue weighted by Gasteiger charge is 2.19. The molecule has 0 spiro atoms. The van der Waals surface area contributed by atoms with Crippen molar-refractivity contribution in [3.05, 3.63) is 36.2 Å². The van der Waals surface area contributed by atoms with Gasteiger partial charge in [0.05, 0.1) is 0 Å². The molecule has 1 amide bonds. The van der Waals surface area contributed by atoms with E-state index in [2.05, 4.69) is 10.3 Å². The minimum absolute atomic E-state index is 0.106. The number of fused-ring (bicyclic) bond motifs is 1. The molecule has 0 radical (unpaired) electrons. The number of anilines is 1. The molecule has 0 aliphatic heterocycles. The Morgan fingerprint density at radius 3 is 2.67 bits per heavy atom. The first-order valence-corrected chi connectivity index (χ1v) is 7.70. The fourth-order valence-electron chi connectivity index (χ4n) is 3.11. The van der Waals surface area contributed by atoms with Crippen LogP contribution in [0.25, 0.3) is 10.8 Å². The number of amides is 1.